The molecule has 1 saturated heterocycles. The van der Waals surface area contributed by atoms with Gasteiger partial charge in [-0.25, -0.2) is 25.6 Å². The van der Waals surface area contributed by atoms with Gasteiger partial charge >= 0.3 is 0 Å². The van der Waals surface area contributed by atoms with Crippen molar-refractivity contribution in [1.29, 1.82) is 0 Å². The average molecular weight is 516 g/mol. The van der Waals surface area contributed by atoms with Crippen LogP contribution in [0.25, 0.3) is 0 Å². The molecule has 178 valence electrons. The van der Waals surface area contributed by atoms with Gasteiger partial charge in [0.05, 0.1) is 10.6 Å². The Morgan fingerprint density at radius 1 is 1.00 bits per heavy atom. The molecule has 2 aliphatic carbocycles. The van der Waals surface area contributed by atoms with Crippen LogP contribution in [0.1, 0.15) is 37.7 Å². The molecule has 0 radical (unpaired) electrons. The third-order valence-corrected chi connectivity index (χ3v) is 12.2. The van der Waals surface area contributed by atoms with E-state index >= 15 is 4.39 Å². The summed E-state index contributed by atoms with van der Waals surface area (Å²) in [5.74, 6) is -2.01. The van der Waals surface area contributed by atoms with E-state index in [0.717, 1.165) is 31.0 Å². The van der Waals surface area contributed by atoms with Crippen molar-refractivity contribution in [1.82, 2.24) is 4.31 Å². The summed E-state index contributed by atoms with van der Waals surface area (Å²) in [6, 6.07) is 8.53. The SMILES string of the molecule is O=S1(=O)C[C@H]2CC[C@@](c3cc(F)ccc3F)(S(=O)(=O)c3ccc(Cl)cc3)C[C@H]2CN1C1CC1. The minimum atomic E-state index is -4.17. The van der Waals surface area contributed by atoms with Crippen LogP contribution in [0.2, 0.25) is 5.02 Å². The lowest BCUT2D eigenvalue weighted by Gasteiger charge is -2.48. The molecule has 1 heterocycles. The van der Waals surface area contributed by atoms with E-state index in [-0.39, 0.29) is 53.5 Å². The number of hydrogen-bond acceptors (Lipinski definition) is 4. The fraction of sp³-hybridized carbons (Fsp3) is 0.478. The second kappa shape index (κ2) is 8.00. The van der Waals surface area contributed by atoms with Gasteiger partial charge in [0.2, 0.25) is 10.0 Å². The summed E-state index contributed by atoms with van der Waals surface area (Å²) in [7, 11) is -7.57. The lowest BCUT2D eigenvalue weighted by molar-refractivity contribution is 0.155. The average Bonchev–Trinajstić information content (AvgIpc) is 3.59. The molecule has 5 nitrogen and oxygen atoms in total. The van der Waals surface area contributed by atoms with Gasteiger partial charge in [-0.1, -0.05) is 11.6 Å². The molecule has 3 aliphatic rings. The predicted octanol–water partition coefficient (Wildman–Crippen LogP) is 4.51. The molecule has 0 aromatic heterocycles. The van der Waals surface area contributed by atoms with Crippen LogP contribution in [0.4, 0.5) is 8.78 Å². The van der Waals surface area contributed by atoms with Gasteiger partial charge in [-0.05, 0) is 86.4 Å². The Hall–Kier alpha value is -1.55. The monoisotopic (exact) mass is 515 g/mol. The Labute approximate surface area is 197 Å². The van der Waals surface area contributed by atoms with E-state index in [0.29, 0.717) is 11.4 Å². The van der Waals surface area contributed by atoms with Gasteiger partial charge in [0.25, 0.3) is 0 Å². The summed E-state index contributed by atoms with van der Waals surface area (Å²) >= 11 is 5.95. The van der Waals surface area contributed by atoms with Crippen molar-refractivity contribution in [3.63, 3.8) is 0 Å². The van der Waals surface area contributed by atoms with Gasteiger partial charge in [-0.3, -0.25) is 0 Å². The normalized spacial score (nSPS) is 30.0. The van der Waals surface area contributed by atoms with Crippen LogP contribution in [0.3, 0.4) is 0 Å². The maximum absolute atomic E-state index is 15.1. The van der Waals surface area contributed by atoms with Crippen LogP contribution in [-0.2, 0) is 24.6 Å². The summed E-state index contributed by atoms with van der Waals surface area (Å²) in [6.07, 6.45) is 1.93. The molecule has 0 bridgehead atoms. The highest BCUT2D eigenvalue weighted by Crippen LogP contribution is 2.53. The first-order valence-corrected chi connectivity index (χ1v) is 14.5. The molecule has 33 heavy (non-hydrogen) atoms. The third kappa shape index (κ3) is 3.90. The number of fused-ring (bicyclic) bond motifs is 1. The summed E-state index contributed by atoms with van der Waals surface area (Å²) in [5, 5.41) is 0.362. The minimum absolute atomic E-state index is 0.0123. The maximum atomic E-state index is 15.1. The minimum Gasteiger partial charge on any atom is -0.223 e. The lowest BCUT2D eigenvalue weighted by Crippen LogP contribution is -2.54. The standard InChI is InChI=1S/C23H24ClF2NO4S2/c24-17-1-6-20(7-2-17)33(30,31)23(21-11-18(25)3-8-22(21)26)10-9-15-14-32(28,29)27(19-4-5-19)13-16(15)12-23/h1-3,6-8,11,15-16,19H,4-5,9-10,12-14H2/t15-,16+,23-/m1/s1. The molecular formula is C23H24ClF2NO4S2. The Morgan fingerprint density at radius 3 is 2.36 bits per heavy atom. The highest BCUT2D eigenvalue weighted by molar-refractivity contribution is 7.92. The van der Waals surface area contributed by atoms with Gasteiger partial charge in [0.1, 0.15) is 16.4 Å². The Morgan fingerprint density at radius 2 is 1.70 bits per heavy atom. The molecule has 0 amide bonds. The molecule has 0 unspecified atom stereocenters. The van der Waals surface area contributed by atoms with Gasteiger partial charge in [0, 0.05) is 23.2 Å². The number of nitrogens with zero attached hydrogens (tertiary/aromatic N) is 1. The molecule has 1 aliphatic heterocycles. The Bertz CT molecular complexity index is 1300. The zero-order chi connectivity index (χ0) is 23.6. The molecule has 2 aromatic rings. The maximum Gasteiger partial charge on any atom is 0.214 e. The molecule has 0 N–H and O–H groups in total. The van der Waals surface area contributed by atoms with Crippen LogP contribution in [0.5, 0.6) is 0 Å². The van der Waals surface area contributed by atoms with E-state index in [2.05, 4.69) is 0 Å². The molecule has 0 spiro atoms. The van der Waals surface area contributed by atoms with Gasteiger partial charge in [-0.15, -0.1) is 0 Å². The van der Waals surface area contributed by atoms with Crippen molar-refractivity contribution in [3.05, 3.63) is 64.7 Å². The van der Waals surface area contributed by atoms with Crippen molar-refractivity contribution in [2.45, 2.75) is 47.8 Å². The molecule has 3 atom stereocenters. The number of benzene rings is 2. The van der Waals surface area contributed by atoms with E-state index in [4.69, 9.17) is 11.6 Å². The van der Waals surface area contributed by atoms with Gasteiger partial charge in [0.15, 0.2) is 9.84 Å². The first-order valence-electron chi connectivity index (χ1n) is 11.0. The second-order valence-corrected chi connectivity index (χ2v) is 14.1. The zero-order valence-corrected chi connectivity index (χ0v) is 20.1. The van der Waals surface area contributed by atoms with E-state index in [1.807, 2.05) is 0 Å². The smallest absolute Gasteiger partial charge is 0.214 e. The van der Waals surface area contributed by atoms with Crippen LogP contribution in [0, 0.1) is 23.5 Å². The van der Waals surface area contributed by atoms with Crippen molar-refractivity contribution in [3.8, 4) is 0 Å². The number of sulfone groups is 1. The molecule has 2 aromatic carbocycles. The van der Waals surface area contributed by atoms with Gasteiger partial charge in [-0.2, -0.15) is 4.31 Å². The number of sulfonamides is 1. The number of hydrogen-bond donors (Lipinski definition) is 0. The second-order valence-electron chi connectivity index (χ2n) is 9.42. The molecular weight excluding hydrogens is 492 g/mol. The summed E-state index contributed by atoms with van der Waals surface area (Å²) < 4.78 is 82.8. The van der Waals surface area contributed by atoms with E-state index in [1.165, 1.54) is 28.6 Å². The van der Waals surface area contributed by atoms with E-state index in [9.17, 15) is 21.2 Å². The number of rotatable bonds is 4. The van der Waals surface area contributed by atoms with Crippen LogP contribution in [-0.4, -0.2) is 39.5 Å². The third-order valence-electron chi connectivity index (χ3n) is 7.39. The van der Waals surface area contributed by atoms with Crippen molar-refractivity contribution in [2.75, 3.05) is 12.3 Å². The predicted molar refractivity (Wildman–Crippen MR) is 121 cm³/mol. The quantitative estimate of drug-likeness (QED) is 0.600. The Kier molecular flexibility index (Phi) is 5.63. The highest BCUT2D eigenvalue weighted by Gasteiger charge is 2.56. The van der Waals surface area contributed by atoms with Gasteiger partial charge < -0.3 is 0 Å². The summed E-state index contributed by atoms with van der Waals surface area (Å²) in [6.45, 7) is 0.215. The van der Waals surface area contributed by atoms with Crippen LogP contribution in [0.15, 0.2) is 47.4 Å². The van der Waals surface area contributed by atoms with E-state index < -0.39 is 36.2 Å². The lowest BCUT2D eigenvalue weighted by atomic mass is 9.71. The molecule has 10 heteroatoms. The van der Waals surface area contributed by atoms with Crippen LogP contribution < -0.4 is 0 Å². The van der Waals surface area contributed by atoms with Crippen LogP contribution >= 0.6 is 11.6 Å². The first-order chi connectivity index (χ1) is 15.5. The zero-order valence-electron chi connectivity index (χ0n) is 17.8. The van der Waals surface area contributed by atoms with Crippen molar-refractivity contribution >= 4 is 31.5 Å². The summed E-state index contributed by atoms with van der Waals surface area (Å²) in [5.41, 5.74) is -0.192. The molecule has 3 fully saturated rings. The fourth-order valence-corrected chi connectivity index (χ4v) is 10.1. The fourth-order valence-electron chi connectivity index (χ4n) is 5.55. The Balaban J connectivity index is 1.63. The topological polar surface area (TPSA) is 71.5 Å². The number of halogens is 3. The first kappa shape index (κ1) is 23.2. The largest absolute Gasteiger partial charge is 0.223 e. The highest BCUT2D eigenvalue weighted by atomic mass is 35.5. The molecule has 2 saturated carbocycles. The van der Waals surface area contributed by atoms with Crippen molar-refractivity contribution in [2.24, 2.45) is 11.8 Å². The summed E-state index contributed by atoms with van der Waals surface area (Å²) in [4.78, 5) is -0.0171. The van der Waals surface area contributed by atoms with Crippen molar-refractivity contribution < 1.29 is 25.6 Å². The van der Waals surface area contributed by atoms with E-state index in [1.54, 1.807) is 0 Å². The molecule has 5 rings (SSSR count).